The van der Waals surface area contributed by atoms with Crippen molar-refractivity contribution in [3.8, 4) is 5.75 Å². The molecule has 0 radical (unpaired) electrons. The maximum Gasteiger partial charge on any atom is 0.258 e. The van der Waals surface area contributed by atoms with Crippen LogP contribution in [0.5, 0.6) is 5.75 Å². The highest BCUT2D eigenvalue weighted by Gasteiger charge is 2.19. The predicted octanol–water partition coefficient (Wildman–Crippen LogP) is 2.50. The number of halogens is 1. The third-order valence-electron chi connectivity index (χ3n) is 2.65. The highest BCUT2D eigenvalue weighted by molar-refractivity contribution is 9.10. The van der Waals surface area contributed by atoms with E-state index in [1.165, 1.54) is 6.42 Å². The third-order valence-corrected chi connectivity index (χ3v) is 3.18. The van der Waals surface area contributed by atoms with E-state index >= 15 is 0 Å². The van der Waals surface area contributed by atoms with Crippen LogP contribution in [0.3, 0.4) is 0 Å². The molecule has 0 heterocycles. The van der Waals surface area contributed by atoms with Gasteiger partial charge in [-0.1, -0.05) is 15.9 Å². The summed E-state index contributed by atoms with van der Waals surface area (Å²) in [5.74, 6) is 0.680. The zero-order valence-electron chi connectivity index (χ0n) is 8.91. The Bertz CT molecular complexity index is 360. The average Bonchev–Trinajstić information content (AvgIpc) is 2.23. The van der Waals surface area contributed by atoms with Crippen LogP contribution in [0.25, 0.3) is 0 Å². The molecule has 0 spiro atoms. The van der Waals surface area contributed by atoms with Crippen LogP contribution < -0.4 is 10.1 Å². The highest BCUT2D eigenvalue weighted by atomic mass is 79.9. The number of rotatable bonds is 4. The Morgan fingerprint density at radius 1 is 1.38 bits per heavy atom. The lowest BCUT2D eigenvalue weighted by molar-refractivity contribution is -0.124. The number of carbonyl (C=O) groups is 1. The van der Waals surface area contributed by atoms with Gasteiger partial charge in [-0.2, -0.15) is 0 Å². The minimum Gasteiger partial charge on any atom is -0.484 e. The van der Waals surface area contributed by atoms with Crippen LogP contribution >= 0.6 is 15.9 Å². The molecule has 16 heavy (non-hydrogen) atoms. The fourth-order valence-electron chi connectivity index (χ4n) is 1.50. The summed E-state index contributed by atoms with van der Waals surface area (Å²) in [5, 5.41) is 2.92. The first-order valence-corrected chi connectivity index (χ1v) is 6.21. The largest absolute Gasteiger partial charge is 0.484 e. The molecule has 0 aromatic heterocycles. The van der Waals surface area contributed by atoms with Crippen LogP contribution in [0.4, 0.5) is 0 Å². The first-order valence-electron chi connectivity index (χ1n) is 5.42. The van der Waals surface area contributed by atoms with E-state index < -0.39 is 0 Å². The molecule has 0 bridgehead atoms. The van der Waals surface area contributed by atoms with Gasteiger partial charge in [0.1, 0.15) is 5.75 Å². The van der Waals surface area contributed by atoms with Crippen LogP contribution in [0.15, 0.2) is 28.7 Å². The van der Waals surface area contributed by atoms with Gasteiger partial charge in [-0.05, 0) is 43.5 Å². The van der Waals surface area contributed by atoms with Gasteiger partial charge in [-0.25, -0.2) is 0 Å². The molecule has 1 aliphatic rings. The molecule has 4 heteroatoms. The summed E-state index contributed by atoms with van der Waals surface area (Å²) in [6.07, 6.45) is 3.42. The van der Waals surface area contributed by atoms with Crippen molar-refractivity contribution in [2.45, 2.75) is 25.3 Å². The molecule has 0 atom stereocenters. The molecule has 1 aromatic rings. The van der Waals surface area contributed by atoms with E-state index in [2.05, 4.69) is 21.2 Å². The summed E-state index contributed by atoms with van der Waals surface area (Å²) in [5.41, 5.74) is 0. The quantitative estimate of drug-likeness (QED) is 0.922. The number of carbonyl (C=O) groups excluding carboxylic acids is 1. The van der Waals surface area contributed by atoms with Gasteiger partial charge in [0.15, 0.2) is 6.61 Å². The number of hydrogen-bond acceptors (Lipinski definition) is 2. The zero-order chi connectivity index (χ0) is 11.4. The Hall–Kier alpha value is -1.03. The summed E-state index contributed by atoms with van der Waals surface area (Å²) in [6.45, 7) is 0.0954. The van der Waals surface area contributed by atoms with Crippen LogP contribution in [0, 0.1) is 0 Å². The van der Waals surface area contributed by atoms with Crippen molar-refractivity contribution in [1.82, 2.24) is 5.32 Å². The van der Waals surface area contributed by atoms with Crippen LogP contribution in [0.2, 0.25) is 0 Å². The maximum atomic E-state index is 11.4. The predicted molar refractivity (Wildman–Crippen MR) is 65.4 cm³/mol. The molecule has 3 nitrogen and oxygen atoms in total. The lowest BCUT2D eigenvalue weighted by atomic mass is 9.93. The first kappa shape index (κ1) is 11.5. The van der Waals surface area contributed by atoms with Crippen LogP contribution in [-0.4, -0.2) is 18.6 Å². The van der Waals surface area contributed by atoms with Crippen molar-refractivity contribution < 1.29 is 9.53 Å². The molecule has 2 rings (SSSR count). The van der Waals surface area contributed by atoms with Crippen LogP contribution in [0.1, 0.15) is 19.3 Å². The lowest BCUT2D eigenvalue weighted by Crippen LogP contribution is -2.41. The third kappa shape index (κ3) is 3.23. The van der Waals surface area contributed by atoms with E-state index in [1.54, 1.807) is 0 Å². The van der Waals surface area contributed by atoms with Gasteiger partial charge in [-0.3, -0.25) is 4.79 Å². The Kier molecular flexibility index (Phi) is 3.83. The van der Waals surface area contributed by atoms with E-state index in [0.29, 0.717) is 11.8 Å². The minimum atomic E-state index is -0.0346. The number of nitrogens with one attached hydrogen (secondary N) is 1. The van der Waals surface area contributed by atoms with Gasteiger partial charge in [0.2, 0.25) is 0 Å². The van der Waals surface area contributed by atoms with Gasteiger partial charge < -0.3 is 10.1 Å². The normalized spacial score (nSPS) is 15.3. The number of hydrogen-bond donors (Lipinski definition) is 1. The van der Waals surface area contributed by atoms with Crippen molar-refractivity contribution in [2.75, 3.05) is 6.61 Å². The van der Waals surface area contributed by atoms with Gasteiger partial charge in [-0.15, -0.1) is 0 Å². The molecule has 1 aromatic carbocycles. The molecular formula is C12H14BrNO2. The molecule has 1 N–H and O–H groups in total. The Morgan fingerprint density at radius 3 is 2.62 bits per heavy atom. The van der Waals surface area contributed by atoms with E-state index in [9.17, 15) is 4.79 Å². The van der Waals surface area contributed by atoms with Gasteiger partial charge in [0.25, 0.3) is 5.91 Å². The van der Waals surface area contributed by atoms with Crippen LogP contribution in [-0.2, 0) is 4.79 Å². The fraction of sp³-hybridized carbons (Fsp3) is 0.417. The lowest BCUT2D eigenvalue weighted by Gasteiger charge is -2.26. The molecule has 86 valence electrons. The Balaban J connectivity index is 1.73. The summed E-state index contributed by atoms with van der Waals surface area (Å²) in [4.78, 5) is 11.4. The molecule has 1 fully saturated rings. The Morgan fingerprint density at radius 2 is 2.06 bits per heavy atom. The number of benzene rings is 1. The minimum absolute atomic E-state index is 0.0346. The van der Waals surface area contributed by atoms with E-state index in [0.717, 1.165) is 17.3 Å². The summed E-state index contributed by atoms with van der Waals surface area (Å²) in [7, 11) is 0. The zero-order valence-corrected chi connectivity index (χ0v) is 10.5. The maximum absolute atomic E-state index is 11.4. The average molecular weight is 284 g/mol. The standard InChI is InChI=1S/C12H14BrNO2/c13-9-4-6-11(7-5-9)16-8-12(15)14-10-2-1-3-10/h4-7,10H,1-3,8H2,(H,14,15). The molecule has 0 unspecified atom stereocenters. The van der Waals surface area contributed by atoms with Crippen molar-refractivity contribution in [2.24, 2.45) is 0 Å². The van der Waals surface area contributed by atoms with Gasteiger partial charge in [0, 0.05) is 10.5 Å². The second kappa shape index (κ2) is 5.34. The molecule has 0 aliphatic heterocycles. The monoisotopic (exact) mass is 283 g/mol. The van der Waals surface area contributed by atoms with Gasteiger partial charge in [0.05, 0.1) is 0 Å². The molecule has 1 saturated carbocycles. The number of ether oxygens (including phenoxy) is 1. The van der Waals surface area contributed by atoms with E-state index in [1.807, 2.05) is 24.3 Å². The fourth-order valence-corrected chi connectivity index (χ4v) is 1.77. The second-order valence-corrected chi connectivity index (χ2v) is 4.85. The van der Waals surface area contributed by atoms with Gasteiger partial charge >= 0.3 is 0 Å². The van der Waals surface area contributed by atoms with Crippen molar-refractivity contribution in [1.29, 1.82) is 0 Å². The Labute approximate surface area is 103 Å². The second-order valence-electron chi connectivity index (χ2n) is 3.94. The SMILES string of the molecule is O=C(COc1ccc(Br)cc1)NC1CCC1. The molecule has 1 amide bonds. The van der Waals surface area contributed by atoms with Crippen molar-refractivity contribution in [3.63, 3.8) is 0 Å². The first-order chi connectivity index (χ1) is 7.74. The highest BCUT2D eigenvalue weighted by Crippen LogP contribution is 2.18. The molecule has 1 aliphatic carbocycles. The van der Waals surface area contributed by atoms with E-state index in [4.69, 9.17) is 4.74 Å². The van der Waals surface area contributed by atoms with Crippen molar-refractivity contribution >= 4 is 21.8 Å². The molecular weight excluding hydrogens is 270 g/mol. The summed E-state index contributed by atoms with van der Waals surface area (Å²) < 4.78 is 6.36. The summed E-state index contributed by atoms with van der Waals surface area (Å²) >= 11 is 3.34. The smallest absolute Gasteiger partial charge is 0.258 e. The molecule has 0 saturated heterocycles. The van der Waals surface area contributed by atoms with Crippen molar-refractivity contribution in [3.05, 3.63) is 28.7 Å². The number of amides is 1. The topological polar surface area (TPSA) is 38.3 Å². The van der Waals surface area contributed by atoms with E-state index in [-0.39, 0.29) is 12.5 Å². The summed E-state index contributed by atoms with van der Waals surface area (Å²) in [6, 6.07) is 7.82.